The van der Waals surface area contributed by atoms with Crippen molar-refractivity contribution in [1.82, 2.24) is 14.8 Å². The lowest BCUT2D eigenvalue weighted by Gasteiger charge is -2.34. The number of rotatable bonds is 9. The van der Waals surface area contributed by atoms with Crippen molar-refractivity contribution in [3.05, 3.63) is 114 Å². The number of anilines is 1. The molecular weight excluding hydrogens is 698 g/mol. The van der Waals surface area contributed by atoms with Crippen LogP contribution in [0.2, 0.25) is 0 Å². The van der Waals surface area contributed by atoms with E-state index in [0.29, 0.717) is 6.42 Å². The Labute approximate surface area is 295 Å². The topological polar surface area (TPSA) is 132 Å². The second-order valence-electron chi connectivity index (χ2n) is 11.4. The van der Waals surface area contributed by atoms with E-state index in [4.69, 9.17) is 24.5 Å². The monoisotopic (exact) mass is 734 g/mol. The molecule has 1 saturated heterocycles. The lowest BCUT2D eigenvalue weighted by molar-refractivity contribution is -0.193. The molecule has 10 nitrogen and oxygen atoms in total. The molecule has 3 aromatic carbocycles. The van der Waals surface area contributed by atoms with E-state index in [-0.39, 0.29) is 5.91 Å². The first-order valence-corrected chi connectivity index (χ1v) is 15.6. The zero-order valence-corrected chi connectivity index (χ0v) is 27.8. The van der Waals surface area contributed by atoms with Gasteiger partial charge < -0.3 is 20.3 Å². The summed E-state index contributed by atoms with van der Waals surface area (Å²) in [6, 6.07) is 28.6. The summed E-state index contributed by atoms with van der Waals surface area (Å²) in [5, 5.41) is 17.2. The second kappa shape index (κ2) is 19.2. The van der Waals surface area contributed by atoms with E-state index >= 15 is 0 Å². The van der Waals surface area contributed by atoms with Gasteiger partial charge >= 0.3 is 24.3 Å². The summed E-state index contributed by atoms with van der Waals surface area (Å²) in [6.07, 6.45) is -6.10. The molecule has 5 rings (SSSR count). The van der Waals surface area contributed by atoms with Gasteiger partial charge in [-0.25, -0.2) is 9.59 Å². The summed E-state index contributed by atoms with van der Waals surface area (Å²) in [6.45, 7) is 6.31. The van der Waals surface area contributed by atoms with Gasteiger partial charge in [-0.15, -0.1) is 0 Å². The van der Waals surface area contributed by atoms with Crippen molar-refractivity contribution in [3.8, 4) is 16.9 Å². The van der Waals surface area contributed by atoms with Crippen LogP contribution in [0.5, 0.6) is 5.75 Å². The number of ether oxygens (including phenoxy) is 1. The van der Waals surface area contributed by atoms with Crippen molar-refractivity contribution in [2.45, 2.75) is 31.9 Å². The SMILES string of the molecule is COc1ccc(CC(=O)Nc2ccc(-c3ccc(CN4CCN(Cc5ccncc5)CC4)cc3)cc2)cc1.O=C(O)C(F)(F)F.O=C(O)C(F)(F)F. The number of alkyl halides is 6. The van der Waals surface area contributed by atoms with Crippen LogP contribution in [-0.2, 0) is 33.9 Å². The van der Waals surface area contributed by atoms with Gasteiger partial charge in [-0.2, -0.15) is 26.3 Å². The lowest BCUT2D eigenvalue weighted by Crippen LogP contribution is -2.45. The average molecular weight is 735 g/mol. The molecule has 2 heterocycles. The Balaban J connectivity index is 0.000000441. The third-order valence-corrected chi connectivity index (χ3v) is 7.49. The fraction of sp³-hybridized carbons (Fsp3) is 0.278. The quantitative estimate of drug-likeness (QED) is 0.165. The van der Waals surface area contributed by atoms with Crippen LogP contribution in [0.4, 0.5) is 32.0 Å². The first-order valence-electron chi connectivity index (χ1n) is 15.6. The highest BCUT2D eigenvalue weighted by Crippen LogP contribution is 2.23. The molecule has 3 N–H and O–H groups in total. The molecule has 278 valence electrons. The Kier molecular flexibility index (Phi) is 15.1. The molecule has 1 aromatic heterocycles. The fourth-order valence-electron chi connectivity index (χ4n) is 4.79. The summed E-state index contributed by atoms with van der Waals surface area (Å²) in [5.74, 6) is -4.76. The number of carbonyl (C=O) groups is 3. The number of aromatic nitrogens is 1. The third-order valence-electron chi connectivity index (χ3n) is 7.49. The minimum absolute atomic E-state index is 0.0366. The fourth-order valence-corrected chi connectivity index (χ4v) is 4.79. The minimum atomic E-state index is -5.08. The average Bonchev–Trinajstić information content (AvgIpc) is 3.10. The maximum atomic E-state index is 12.4. The van der Waals surface area contributed by atoms with Crippen LogP contribution in [0.1, 0.15) is 16.7 Å². The Morgan fingerprint density at radius 2 is 1.04 bits per heavy atom. The van der Waals surface area contributed by atoms with E-state index < -0.39 is 24.3 Å². The molecule has 16 heteroatoms. The normalized spacial score (nSPS) is 13.4. The van der Waals surface area contributed by atoms with Crippen molar-refractivity contribution >= 4 is 23.5 Å². The largest absolute Gasteiger partial charge is 0.497 e. The van der Waals surface area contributed by atoms with Crippen molar-refractivity contribution in [1.29, 1.82) is 0 Å². The zero-order chi connectivity index (χ0) is 38.3. The number of hydrogen-bond donors (Lipinski definition) is 3. The molecule has 0 bridgehead atoms. The number of pyridine rings is 1. The number of amides is 1. The molecule has 0 spiro atoms. The maximum Gasteiger partial charge on any atom is 0.490 e. The van der Waals surface area contributed by atoms with Crippen LogP contribution < -0.4 is 10.1 Å². The number of carboxylic acids is 2. The number of nitrogens with zero attached hydrogens (tertiary/aromatic N) is 3. The van der Waals surface area contributed by atoms with Crippen molar-refractivity contribution in [2.24, 2.45) is 0 Å². The van der Waals surface area contributed by atoms with Crippen molar-refractivity contribution < 1.29 is 55.7 Å². The summed E-state index contributed by atoms with van der Waals surface area (Å²) in [7, 11) is 1.63. The van der Waals surface area contributed by atoms with Crippen LogP contribution in [0.15, 0.2) is 97.3 Å². The molecule has 0 atom stereocenters. The van der Waals surface area contributed by atoms with E-state index in [2.05, 4.69) is 68.6 Å². The molecule has 4 aromatic rings. The molecule has 52 heavy (non-hydrogen) atoms. The summed E-state index contributed by atoms with van der Waals surface area (Å²) in [4.78, 5) is 39.4. The number of nitrogens with one attached hydrogen (secondary N) is 1. The van der Waals surface area contributed by atoms with E-state index in [1.165, 1.54) is 16.7 Å². The molecule has 0 saturated carbocycles. The van der Waals surface area contributed by atoms with Gasteiger partial charge in [-0.05, 0) is 64.2 Å². The molecule has 1 aliphatic rings. The van der Waals surface area contributed by atoms with E-state index in [1.54, 1.807) is 7.11 Å². The van der Waals surface area contributed by atoms with Gasteiger partial charge in [-0.3, -0.25) is 19.6 Å². The van der Waals surface area contributed by atoms with E-state index in [1.807, 2.05) is 48.8 Å². The Morgan fingerprint density at radius 3 is 1.44 bits per heavy atom. The molecule has 1 amide bonds. The van der Waals surface area contributed by atoms with Gasteiger partial charge in [0.25, 0.3) is 0 Å². The smallest absolute Gasteiger partial charge is 0.490 e. The van der Waals surface area contributed by atoms with Gasteiger partial charge in [-0.1, -0.05) is 48.5 Å². The first-order chi connectivity index (χ1) is 24.5. The standard InChI is InChI=1S/C32H34N4O2.2C2HF3O2/c1-38-31-12-4-25(5-13-31)22-32(37)34-30-10-8-29(9-11-30)28-6-2-26(3-7-28)23-35-18-20-36(21-19-35)24-27-14-16-33-17-15-27;2*3-2(4,5)1(6)7/h2-17H,18-24H2,1H3,(H,34,37);2*(H,6,7). The van der Waals surface area contributed by atoms with Crippen molar-refractivity contribution in [2.75, 3.05) is 38.6 Å². The van der Waals surface area contributed by atoms with Gasteiger partial charge in [0.15, 0.2) is 0 Å². The second-order valence-corrected chi connectivity index (χ2v) is 11.4. The highest BCUT2D eigenvalue weighted by molar-refractivity contribution is 5.92. The van der Waals surface area contributed by atoms with Gasteiger partial charge in [0, 0.05) is 57.3 Å². The first kappa shape index (κ1) is 40.9. The summed E-state index contributed by atoms with van der Waals surface area (Å²) >= 11 is 0. The number of aliphatic carboxylic acids is 2. The lowest BCUT2D eigenvalue weighted by atomic mass is 10.0. The molecule has 1 fully saturated rings. The van der Waals surface area contributed by atoms with Gasteiger partial charge in [0.05, 0.1) is 13.5 Å². The Bertz CT molecular complexity index is 1690. The molecular formula is C36H36F6N4O6. The number of piperazine rings is 1. The third kappa shape index (κ3) is 14.4. The summed E-state index contributed by atoms with van der Waals surface area (Å²) < 4.78 is 68.6. The Hall–Kier alpha value is -5.48. The van der Waals surface area contributed by atoms with E-state index in [9.17, 15) is 31.1 Å². The molecule has 0 unspecified atom stereocenters. The molecule has 0 aliphatic carbocycles. The van der Waals surface area contributed by atoms with Crippen LogP contribution in [0, 0.1) is 0 Å². The van der Waals surface area contributed by atoms with Crippen LogP contribution in [0.3, 0.4) is 0 Å². The van der Waals surface area contributed by atoms with Crippen molar-refractivity contribution in [3.63, 3.8) is 0 Å². The predicted octanol–water partition coefficient (Wildman–Crippen LogP) is 6.52. The highest BCUT2D eigenvalue weighted by Gasteiger charge is 2.38. The zero-order valence-electron chi connectivity index (χ0n) is 27.8. The van der Waals surface area contributed by atoms with Gasteiger partial charge in [0.2, 0.25) is 5.91 Å². The van der Waals surface area contributed by atoms with Crippen LogP contribution >= 0.6 is 0 Å². The van der Waals surface area contributed by atoms with E-state index in [0.717, 1.165) is 61.8 Å². The molecule has 0 radical (unpaired) electrons. The highest BCUT2D eigenvalue weighted by atomic mass is 19.4. The molecule has 1 aliphatic heterocycles. The van der Waals surface area contributed by atoms with Gasteiger partial charge in [0.1, 0.15) is 5.75 Å². The predicted molar refractivity (Wildman–Crippen MR) is 179 cm³/mol. The maximum absolute atomic E-state index is 12.4. The number of carboxylic acid groups (broad SMARTS) is 2. The Morgan fingerprint density at radius 1 is 0.654 bits per heavy atom. The summed E-state index contributed by atoms with van der Waals surface area (Å²) in [5.41, 5.74) is 6.71. The van der Waals surface area contributed by atoms with Crippen LogP contribution in [-0.4, -0.2) is 88.5 Å². The number of benzene rings is 3. The number of methoxy groups -OCH3 is 1. The van der Waals surface area contributed by atoms with Crippen LogP contribution in [0.25, 0.3) is 11.1 Å². The number of hydrogen-bond acceptors (Lipinski definition) is 7. The minimum Gasteiger partial charge on any atom is -0.497 e. The number of carbonyl (C=O) groups excluding carboxylic acids is 1. The number of halogens is 6.